The molecule has 1 aliphatic rings. The van der Waals surface area contributed by atoms with Gasteiger partial charge in [-0.25, -0.2) is 9.97 Å². The van der Waals surface area contributed by atoms with Crippen molar-refractivity contribution in [3.8, 4) is 5.69 Å². The van der Waals surface area contributed by atoms with E-state index in [9.17, 15) is 4.79 Å². The predicted octanol–water partition coefficient (Wildman–Crippen LogP) is 3.33. The summed E-state index contributed by atoms with van der Waals surface area (Å²) < 4.78 is 2.05. The molecule has 0 unspecified atom stereocenters. The van der Waals surface area contributed by atoms with Crippen molar-refractivity contribution < 1.29 is 4.79 Å². The summed E-state index contributed by atoms with van der Waals surface area (Å²) in [5.74, 6) is 1.53. The quantitative estimate of drug-likeness (QED) is 0.608. The van der Waals surface area contributed by atoms with Crippen molar-refractivity contribution in [2.45, 2.75) is 19.0 Å². The number of aromatic nitrogens is 3. The van der Waals surface area contributed by atoms with E-state index in [1.807, 2.05) is 33.9 Å². The van der Waals surface area contributed by atoms with Crippen molar-refractivity contribution in [1.82, 2.24) is 19.4 Å². The molecule has 29 heavy (non-hydrogen) atoms. The molecular weight excluding hydrogens is 382 g/mol. The van der Waals surface area contributed by atoms with Gasteiger partial charge in [-0.15, -0.1) is 0 Å². The lowest BCUT2D eigenvalue weighted by molar-refractivity contribution is -0.128. The van der Waals surface area contributed by atoms with Crippen LogP contribution in [0.2, 0.25) is 0 Å². The van der Waals surface area contributed by atoms with Gasteiger partial charge in [0.05, 0.1) is 5.75 Å². The Balaban J connectivity index is 1.34. The van der Waals surface area contributed by atoms with Gasteiger partial charge in [-0.1, -0.05) is 23.9 Å². The average molecular weight is 408 g/mol. The van der Waals surface area contributed by atoms with Gasteiger partial charge >= 0.3 is 0 Å². The molecule has 2 aromatic heterocycles. The third kappa shape index (κ3) is 4.45. The molecular formula is C22H25N5OS. The Labute approximate surface area is 175 Å². The summed E-state index contributed by atoms with van der Waals surface area (Å²) in [6, 6.07) is 12.3. The minimum Gasteiger partial charge on any atom is -0.353 e. The van der Waals surface area contributed by atoms with E-state index in [4.69, 9.17) is 0 Å². The number of pyridine rings is 1. The summed E-state index contributed by atoms with van der Waals surface area (Å²) in [5.41, 5.74) is 3.58. The van der Waals surface area contributed by atoms with E-state index in [1.165, 1.54) is 22.9 Å². The van der Waals surface area contributed by atoms with Crippen molar-refractivity contribution in [1.29, 1.82) is 0 Å². The second-order valence-electron chi connectivity index (χ2n) is 7.19. The zero-order valence-corrected chi connectivity index (χ0v) is 17.6. The van der Waals surface area contributed by atoms with E-state index in [0.29, 0.717) is 5.75 Å². The lowest BCUT2D eigenvalue weighted by Gasteiger charge is -2.35. The molecule has 7 heteroatoms. The number of aryl methyl sites for hydroxylation is 2. The number of thioether (sulfide) groups is 1. The van der Waals surface area contributed by atoms with Gasteiger partial charge in [-0.05, 0) is 49.2 Å². The van der Waals surface area contributed by atoms with Gasteiger partial charge < -0.3 is 9.80 Å². The van der Waals surface area contributed by atoms with Crippen LogP contribution in [0.5, 0.6) is 0 Å². The molecule has 0 atom stereocenters. The van der Waals surface area contributed by atoms with E-state index in [-0.39, 0.29) is 5.91 Å². The number of hydrogen-bond donors (Lipinski definition) is 0. The van der Waals surface area contributed by atoms with Gasteiger partial charge in [0.1, 0.15) is 5.82 Å². The Morgan fingerprint density at radius 1 is 1.00 bits per heavy atom. The molecule has 0 saturated carbocycles. The topological polar surface area (TPSA) is 54.3 Å². The van der Waals surface area contributed by atoms with Crippen LogP contribution in [0.25, 0.3) is 5.69 Å². The number of benzene rings is 1. The minimum absolute atomic E-state index is 0.158. The number of carbonyl (C=O) groups is 1. The van der Waals surface area contributed by atoms with Crippen molar-refractivity contribution in [3.05, 3.63) is 66.1 Å². The Bertz CT molecular complexity index is 980. The van der Waals surface area contributed by atoms with Crippen molar-refractivity contribution in [2.24, 2.45) is 0 Å². The number of piperazine rings is 1. The molecule has 3 heterocycles. The fourth-order valence-electron chi connectivity index (χ4n) is 3.41. The SMILES string of the molecule is Cc1ccc(-n2ccnc2SCC(=O)N2CCN(c3ccccn3)CC2)cc1C. The summed E-state index contributed by atoms with van der Waals surface area (Å²) in [6.45, 7) is 7.28. The standard InChI is InChI=1S/C22H25N5OS/c1-17-6-7-19(15-18(17)2)27-10-9-24-22(27)29-16-21(28)26-13-11-25(12-14-26)20-5-3-4-8-23-20/h3-10,15H,11-14,16H2,1-2H3. The minimum atomic E-state index is 0.158. The van der Waals surface area contributed by atoms with Crippen molar-refractivity contribution >= 4 is 23.5 Å². The van der Waals surface area contributed by atoms with E-state index < -0.39 is 0 Å². The predicted molar refractivity (Wildman–Crippen MR) is 117 cm³/mol. The highest BCUT2D eigenvalue weighted by atomic mass is 32.2. The Morgan fingerprint density at radius 3 is 2.55 bits per heavy atom. The fraction of sp³-hybridized carbons (Fsp3) is 0.318. The number of anilines is 1. The van der Waals surface area contributed by atoms with E-state index in [0.717, 1.165) is 42.8 Å². The number of rotatable bonds is 5. The van der Waals surface area contributed by atoms with Crippen LogP contribution in [0, 0.1) is 13.8 Å². The van der Waals surface area contributed by atoms with Crippen LogP contribution < -0.4 is 4.90 Å². The van der Waals surface area contributed by atoms with Gasteiger partial charge in [-0.3, -0.25) is 9.36 Å². The first-order valence-electron chi connectivity index (χ1n) is 9.79. The Hall–Kier alpha value is -2.80. The average Bonchev–Trinajstić information content (AvgIpc) is 3.23. The molecule has 1 aliphatic heterocycles. The van der Waals surface area contributed by atoms with Crippen molar-refractivity contribution in [3.63, 3.8) is 0 Å². The summed E-state index contributed by atoms with van der Waals surface area (Å²) in [4.78, 5) is 25.7. The molecule has 4 rings (SSSR count). The lowest BCUT2D eigenvalue weighted by Crippen LogP contribution is -2.49. The third-order valence-electron chi connectivity index (χ3n) is 5.31. The lowest BCUT2D eigenvalue weighted by atomic mass is 10.1. The summed E-state index contributed by atoms with van der Waals surface area (Å²) >= 11 is 1.49. The van der Waals surface area contributed by atoms with Crippen LogP contribution in [0.1, 0.15) is 11.1 Å². The second-order valence-corrected chi connectivity index (χ2v) is 8.14. The van der Waals surface area contributed by atoms with Crippen LogP contribution in [0.15, 0.2) is 60.1 Å². The van der Waals surface area contributed by atoms with E-state index >= 15 is 0 Å². The fourth-order valence-corrected chi connectivity index (χ4v) is 4.29. The molecule has 150 valence electrons. The maximum absolute atomic E-state index is 12.7. The Kier molecular flexibility index (Phi) is 5.85. The first-order chi connectivity index (χ1) is 14.1. The number of amides is 1. The van der Waals surface area contributed by atoms with Gasteiger partial charge in [0.15, 0.2) is 5.16 Å². The number of carbonyl (C=O) groups excluding carboxylic acids is 1. The van der Waals surface area contributed by atoms with Crippen LogP contribution in [0.4, 0.5) is 5.82 Å². The Morgan fingerprint density at radius 2 is 1.83 bits per heavy atom. The van der Waals surface area contributed by atoms with E-state index in [1.54, 1.807) is 12.4 Å². The van der Waals surface area contributed by atoms with Crippen LogP contribution in [0.3, 0.4) is 0 Å². The number of hydrogen-bond acceptors (Lipinski definition) is 5. The molecule has 1 saturated heterocycles. The molecule has 0 N–H and O–H groups in total. The maximum atomic E-state index is 12.7. The first kappa shape index (κ1) is 19.5. The monoisotopic (exact) mass is 407 g/mol. The smallest absolute Gasteiger partial charge is 0.233 e. The van der Waals surface area contributed by atoms with Gasteiger partial charge in [0.2, 0.25) is 5.91 Å². The summed E-state index contributed by atoms with van der Waals surface area (Å²) in [5, 5.41) is 0.841. The highest BCUT2D eigenvalue weighted by Gasteiger charge is 2.22. The normalized spacial score (nSPS) is 14.3. The molecule has 1 aromatic carbocycles. The highest BCUT2D eigenvalue weighted by molar-refractivity contribution is 7.99. The zero-order valence-electron chi connectivity index (χ0n) is 16.8. The van der Waals surface area contributed by atoms with Crippen LogP contribution >= 0.6 is 11.8 Å². The van der Waals surface area contributed by atoms with E-state index in [2.05, 4.69) is 46.9 Å². The second kappa shape index (κ2) is 8.69. The van der Waals surface area contributed by atoms with Crippen LogP contribution in [-0.4, -0.2) is 57.3 Å². The van der Waals surface area contributed by atoms with Gasteiger partial charge in [0, 0.05) is 50.5 Å². The largest absolute Gasteiger partial charge is 0.353 e. The highest BCUT2D eigenvalue weighted by Crippen LogP contribution is 2.23. The first-order valence-corrected chi connectivity index (χ1v) is 10.8. The van der Waals surface area contributed by atoms with Crippen LogP contribution in [-0.2, 0) is 4.79 Å². The molecule has 3 aromatic rings. The molecule has 0 aliphatic carbocycles. The van der Waals surface area contributed by atoms with Gasteiger partial charge in [-0.2, -0.15) is 0 Å². The molecule has 0 radical (unpaired) electrons. The molecule has 1 amide bonds. The molecule has 6 nitrogen and oxygen atoms in total. The molecule has 0 bridgehead atoms. The third-order valence-corrected chi connectivity index (χ3v) is 6.26. The summed E-state index contributed by atoms with van der Waals surface area (Å²) in [7, 11) is 0. The van der Waals surface area contributed by atoms with Crippen molar-refractivity contribution in [2.75, 3.05) is 36.8 Å². The number of imidazole rings is 1. The number of nitrogens with zero attached hydrogens (tertiary/aromatic N) is 5. The zero-order chi connectivity index (χ0) is 20.2. The molecule has 0 spiro atoms. The maximum Gasteiger partial charge on any atom is 0.233 e. The molecule has 1 fully saturated rings. The summed E-state index contributed by atoms with van der Waals surface area (Å²) in [6.07, 6.45) is 5.54. The van der Waals surface area contributed by atoms with Gasteiger partial charge in [0.25, 0.3) is 0 Å².